The van der Waals surface area contributed by atoms with E-state index >= 15 is 0 Å². The van der Waals surface area contributed by atoms with Gasteiger partial charge in [-0.1, -0.05) is 52.3 Å². The number of aromatic amines is 1. The van der Waals surface area contributed by atoms with Crippen molar-refractivity contribution in [2.24, 2.45) is 0 Å². The van der Waals surface area contributed by atoms with E-state index in [0.717, 1.165) is 26.5 Å². The molecule has 2 aromatic carbocycles. The number of hydrogen-bond acceptors (Lipinski definition) is 2. The van der Waals surface area contributed by atoms with Gasteiger partial charge in [-0.25, -0.2) is 0 Å². The summed E-state index contributed by atoms with van der Waals surface area (Å²) < 4.78 is 0.989. The van der Waals surface area contributed by atoms with Crippen LogP contribution in [0.15, 0.2) is 59.2 Å². The maximum Gasteiger partial charge on any atom is 0.211 e. The van der Waals surface area contributed by atoms with Gasteiger partial charge < -0.3 is 4.98 Å². The number of nitro groups is 1. The summed E-state index contributed by atoms with van der Waals surface area (Å²) in [5, 5.41) is 12.2. The molecule has 3 aromatic rings. The number of hydrogen-bond donors (Lipinski definition) is 1. The number of nitrogens with one attached hydrogen (secondary N) is 1. The van der Waals surface area contributed by atoms with E-state index in [-0.39, 0.29) is 17.4 Å². The normalized spacial score (nSPS) is 12.4. The Kier molecular flexibility index (Phi) is 4.24. The molecule has 5 heteroatoms. The minimum atomic E-state index is -0.233. The molecule has 4 nitrogen and oxygen atoms in total. The van der Waals surface area contributed by atoms with Crippen LogP contribution in [-0.4, -0.2) is 16.5 Å². The summed E-state index contributed by atoms with van der Waals surface area (Å²) >= 11 is 3.53. The first-order chi connectivity index (χ1) is 10.6. The topological polar surface area (TPSA) is 58.9 Å². The molecule has 3 rings (SSSR count). The lowest BCUT2D eigenvalue weighted by Gasteiger charge is -2.13. The molecule has 0 saturated carbocycles. The third-order valence-electron chi connectivity index (χ3n) is 3.85. The molecular weight excluding hydrogens is 344 g/mol. The van der Waals surface area contributed by atoms with Gasteiger partial charge in [-0.05, 0) is 29.7 Å². The Balaban J connectivity index is 1.99. The summed E-state index contributed by atoms with van der Waals surface area (Å²) in [4.78, 5) is 14.1. The molecule has 0 radical (unpaired) electrons. The van der Waals surface area contributed by atoms with Gasteiger partial charge in [0.25, 0.3) is 0 Å². The molecular formula is C17H15BrN2O2. The van der Waals surface area contributed by atoms with Crippen LogP contribution in [0.3, 0.4) is 0 Å². The van der Waals surface area contributed by atoms with E-state index in [1.165, 1.54) is 0 Å². The molecule has 1 aromatic heterocycles. The van der Waals surface area contributed by atoms with Crippen molar-refractivity contribution in [1.29, 1.82) is 0 Å². The molecule has 0 aliphatic heterocycles. The van der Waals surface area contributed by atoms with Crippen LogP contribution in [0.1, 0.15) is 17.0 Å². The summed E-state index contributed by atoms with van der Waals surface area (Å²) in [6, 6.07) is 15.8. The number of rotatable bonds is 5. The molecule has 0 saturated heterocycles. The first kappa shape index (κ1) is 14.8. The highest BCUT2D eigenvalue weighted by molar-refractivity contribution is 9.10. The third kappa shape index (κ3) is 3.04. The summed E-state index contributed by atoms with van der Waals surface area (Å²) in [7, 11) is 0. The zero-order valence-electron chi connectivity index (χ0n) is 11.8. The minimum absolute atomic E-state index is 0.0802. The van der Waals surface area contributed by atoms with E-state index in [1.54, 1.807) is 0 Å². The fourth-order valence-corrected chi connectivity index (χ4v) is 3.26. The zero-order chi connectivity index (χ0) is 15.5. The largest absolute Gasteiger partial charge is 0.361 e. The van der Waals surface area contributed by atoms with Gasteiger partial charge in [0.05, 0.1) is 5.92 Å². The van der Waals surface area contributed by atoms with Crippen LogP contribution in [0.5, 0.6) is 0 Å². The van der Waals surface area contributed by atoms with Gasteiger partial charge in [-0.3, -0.25) is 10.1 Å². The summed E-state index contributed by atoms with van der Waals surface area (Å²) in [6.07, 6.45) is 2.53. The van der Waals surface area contributed by atoms with Crippen molar-refractivity contribution in [2.75, 3.05) is 6.54 Å². The predicted molar refractivity (Wildman–Crippen MR) is 90.7 cm³/mol. The van der Waals surface area contributed by atoms with Crippen molar-refractivity contribution >= 4 is 26.8 Å². The van der Waals surface area contributed by atoms with Gasteiger partial charge in [0.2, 0.25) is 6.54 Å². The first-order valence-corrected chi connectivity index (χ1v) is 7.85. The molecule has 0 amide bonds. The zero-order valence-corrected chi connectivity index (χ0v) is 13.4. The molecule has 112 valence electrons. The molecule has 0 bridgehead atoms. The average Bonchev–Trinajstić information content (AvgIpc) is 2.92. The van der Waals surface area contributed by atoms with Crippen LogP contribution in [0.25, 0.3) is 10.9 Å². The fourth-order valence-electron chi connectivity index (χ4n) is 2.81. The second kappa shape index (κ2) is 6.32. The quantitative estimate of drug-likeness (QED) is 0.537. The van der Waals surface area contributed by atoms with Crippen LogP contribution < -0.4 is 0 Å². The van der Waals surface area contributed by atoms with E-state index in [0.29, 0.717) is 6.42 Å². The van der Waals surface area contributed by atoms with Crippen molar-refractivity contribution in [3.63, 3.8) is 0 Å². The number of aromatic nitrogens is 1. The van der Waals surface area contributed by atoms with Gasteiger partial charge in [0, 0.05) is 26.5 Å². The highest BCUT2D eigenvalue weighted by Gasteiger charge is 2.22. The van der Waals surface area contributed by atoms with Gasteiger partial charge in [-0.15, -0.1) is 0 Å². The molecule has 0 spiro atoms. The Morgan fingerprint density at radius 2 is 1.86 bits per heavy atom. The van der Waals surface area contributed by atoms with E-state index in [9.17, 15) is 10.1 Å². The average molecular weight is 359 g/mol. The number of fused-ring (bicyclic) bond motifs is 1. The van der Waals surface area contributed by atoms with Gasteiger partial charge in [-0.2, -0.15) is 0 Å². The van der Waals surface area contributed by atoms with Crippen molar-refractivity contribution in [1.82, 2.24) is 4.98 Å². The fraction of sp³-hybridized carbons (Fsp3) is 0.176. The number of H-pyrrole nitrogens is 1. The van der Waals surface area contributed by atoms with Crippen molar-refractivity contribution in [3.05, 3.63) is 80.4 Å². The van der Waals surface area contributed by atoms with Crippen molar-refractivity contribution in [2.45, 2.75) is 12.3 Å². The molecule has 0 aliphatic rings. The lowest BCUT2D eigenvalue weighted by molar-refractivity contribution is -0.483. The van der Waals surface area contributed by atoms with E-state index < -0.39 is 0 Å². The molecule has 0 fully saturated rings. The predicted octanol–water partition coefficient (Wildman–Crippen LogP) is 4.53. The van der Waals surface area contributed by atoms with Crippen LogP contribution in [-0.2, 0) is 6.42 Å². The molecule has 1 atom stereocenters. The van der Waals surface area contributed by atoms with Crippen LogP contribution in [0.4, 0.5) is 0 Å². The maximum absolute atomic E-state index is 11.1. The minimum Gasteiger partial charge on any atom is -0.361 e. The summed E-state index contributed by atoms with van der Waals surface area (Å²) in [5.74, 6) is -0.162. The second-order valence-corrected chi connectivity index (χ2v) is 6.15. The Labute approximate surface area is 136 Å². The molecule has 1 unspecified atom stereocenters. The van der Waals surface area contributed by atoms with Gasteiger partial charge in [0.1, 0.15) is 0 Å². The van der Waals surface area contributed by atoms with Crippen molar-refractivity contribution in [3.8, 4) is 0 Å². The molecule has 1 heterocycles. The Hall–Kier alpha value is -2.14. The lowest BCUT2D eigenvalue weighted by atomic mass is 9.91. The third-order valence-corrected chi connectivity index (χ3v) is 4.63. The smallest absolute Gasteiger partial charge is 0.211 e. The Bertz CT molecular complexity index is 813. The first-order valence-electron chi connectivity index (χ1n) is 7.06. The number of nitrogens with zero attached hydrogens (tertiary/aromatic N) is 1. The Morgan fingerprint density at radius 3 is 2.64 bits per heavy atom. The van der Waals surface area contributed by atoms with E-state index in [2.05, 4.69) is 20.9 Å². The van der Waals surface area contributed by atoms with Gasteiger partial charge >= 0.3 is 0 Å². The standard InChI is InChI=1S/C17H15BrN2O2/c18-16-7-3-1-5-12(16)9-13(11-20(21)22)15-10-19-17-8-4-2-6-14(15)17/h1-8,10,13,19H,9,11H2. The number of para-hydroxylation sites is 1. The number of benzene rings is 2. The highest BCUT2D eigenvalue weighted by atomic mass is 79.9. The lowest BCUT2D eigenvalue weighted by Crippen LogP contribution is -2.15. The van der Waals surface area contributed by atoms with Gasteiger partial charge in [0.15, 0.2) is 0 Å². The number of halogens is 1. The monoisotopic (exact) mass is 358 g/mol. The maximum atomic E-state index is 11.1. The van der Waals surface area contributed by atoms with Crippen LogP contribution >= 0.6 is 15.9 Å². The SMILES string of the molecule is O=[N+]([O-])CC(Cc1ccccc1Br)c1c[nH]c2ccccc12. The highest BCUT2D eigenvalue weighted by Crippen LogP contribution is 2.30. The molecule has 1 N–H and O–H groups in total. The molecule has 0 aliphatic carbocycles. The second-order valence-electron chi connectivity index (χ2n) is 5.30. The Morgan fingerprint density at radius 1 is 1.14 bits per heavy atom. The van der Waals surface area contributed by atoms with Crippen molar-refractivity contribution < 1.29 is 4.92 Å². The van der Waals surface area contributed by atoms with Crippen LogP contribution in [0, 0.1) is 10.1 Å². The van der Waals surface area contributed by atoms with E-state index in [1.807, 2.05) is 54.7 Å². The summed E-state index contributed by atoms with van der Waals surface area (Å²) in [5.41, 5.74) is 3.10. The molecule has 22 heavy (non-hydrogen) atoms. The summed E-state index contributed by atoms with van der Waals surface area (Å²) in [6.45, 7) is -0.0802. The van der Waals surface area contributed by atoms with E-state index in [4.69, 9.17) is 0 Å². The van der Waals surface area contributed by atoms with Crippen LogP contribution in [0.2, 0.25) is 0 Å².